The molecule has 8 saturated carbocycles. The molecule has 0 radical (unpaired) electrons. The second-order valence-corrected chi connectivity index (χ2v) is 33.6. The maximum Gasteiger partial charge on any atom is 0.226 e. The van der Waals surface area contributed by atoms with Crippen molar-refractivity contribution in [2.24, 2.45) is 100 Å². The summed E-state index contributed by atoms with van der Waals surface area (Å²) in [4.78, 5) is 29.3. The smallest absolute Gasteiger partial charge is 0.226 e. The molecule has 0 aromatic rings. The minimum atomic E-state index is -0.337. The van der Waals surface area contributed by atoms with Crippen molar-refractivity contribution in [3.05, 3.63) is 23.3 Å². The average molecular weight is 1100 g/mol. The van der Waals surface area contributed by atoms with Gasteiger partial charge in [-0.25, -0.2) is 0 Å². The maximum atomic E-state index is 14.6. The van der Waals surface area contributed by atoms with Crippen LogP contribution in [0.1, 0.15) is 238 Å². The van der Waals surface area contributed by atoms with E-state index in [0.717, 1.165) is 116 Å². The molecule has 79 heavy (non-hydrogen) atoms. The highest BCUT2D eigenvalue weighted by molar-refractivity contribution is 5.85. The second-order valence-electron chi connectivity index (χ2n) is 33.6. The van der Waals surface area contributed by atoms with Gasteiger partial charge < -0.3 is 35.1 Å². The Morgan fingerprint density at radius 3 is 1.19 bits per heavy atom. The molecule has 0 heterocycles. The first-order chi connectivity index (χ1) is 36.9. The topological polar surface area (TPSA) is 126 Å². The Hall–Kier alpha value is -1.78. The number of ether oxygens (including phenoxy) is 3. The Kier molecular flexibility index (Phi) is 16.1. The summed E-state index contributed by atoms with van der Waals surface area (Å²) in [5.74, 6) is 3.39. The number of nitrogens with one attached hydrogen (secondary N) is 2. The molecule has 448 valence electrons. The first-order valence-electron chi connectivity index (χ1n) is 33.0. The monoisotopic (exact) mass is 1100 g/mol. The first-order valence-corrected chi connectivity index (χ1v) is 33.0. The van der Waals surface area contributed by atoms with Crippen LogP contribution in [0.4, 0.5) is 0 Å². The molecule has 0 bridgehead atoms. The summed E-state index contributed by atoms with van der Waals surface area (Å²) in [6, 6.07) is 0. The van der Waals surface area contributed by atoms with Crippen molar-refractivity contribution in [3.63, 3.8) is 0 Å². The predicted molar refractivity (Wildman–Crippen MR) is 318 cm³/mol. The Balaban J connectivity index is 0.638. The van der Waals surface area contributed by atoms with Gasteiger partial charge in [0.25, 0.3) is 0 Å². The standard InChI is InChI=1S/C70H116N2O7/c1-59(2)29-33-69(35-31-65(11)47(49(69)45-59)17-19-53-63(9)25-23-55(73)61(5,6)51(63)21-27-67(53,65)13)57(75)71-37-15-39-77-41-43-79-44-42-78-40-16-38-72-58(76)70-34-30-60(3,4)46-50(70)48-18-20-54-64(10)26-24-56(74)62(7,8)52(64)22-28-68(54,14)66(48,12)32-36-70/h17-18,49-56,73-74H,15-16,19-46H2,1-14H3,(H,71,75)(H,72,76)/t49-,50-,51-,52-,53+,54+,55-,56-,63-,64-,65+,66+,67+,68+,69-,70-/m0/s1. The molecule has 0 aromatic carbocycles. The summed E-state index contributed by atoms with van der Waals surface area (Å²) in [6.07, 6.45) is 28.0. The maximum absolute atomic E-state index is 14.6. The Labute approximate surface area is 481 Å². The second kappa shape index (κ2) is 21.0. The van der Waals surface area contributed by atoms with Crippen LogP contribution in [0.2, 0.25) is 0 Å². The lowest BCUT2D eigenvalue weighted by molar-refractivity contribution is -0.203. The zero-order chi connectivity index (χ0) is 57.1. The third-order valence-electron chi connectivity index (χ3n) is 28.4. The van der Waals surface area contributed by atoms with Crippen LogP contribution < -0.4 is 10.6 Å². The number of amides is 2. The minimum absolute atomic E-state index is 0.0555. The number of aliphatic hydroxyl groups excluding tert-OH is 2. The lowest BCUT2D eigenvalue weighted by Crippen LogP contribution is -2.65. The summed E-state index contributed by atoms with van der Waals surface area (Å²) in [6.45, 7) is 39.2. The first kappa shape index (κ1) is 60.3. The molecule has 9 heteroatoms. The Bertz CT molecular complexity index is 2180. The summed E-state index contributed by atoms with van der Waals surface area (Å²) < 4.78 is 17.9. The molecule has 10 aliphatic carbocycles. The third-order valence-corrected chi connectivity index (χ3v) is 28.4. The highest BCUT2D eigenvalue weighted by Gasteiger charge is 2.71. The van der Waals surface area contributed by atoms with Crippen molar-refractivity contribution >= 4 is 11.8 Å². The van der Waals surface area contributed by atoms with Gasteiger partial charge in [-0.1, -0.05) is 120 Å². The molecular weight excluding hydrogens is 981 g/mol. The number of rotatable bonds is 16. The Morgan fingerprint density at radius 2 is 0.810 bits per heavy atom. The van der Waals surface area contributed by atoms with Gasteiger partial charge in [0.2, 0.25) is 11.8 Å². The van der Waals surface area contributed by atoms with Crippen LogP contribution in [-0.2, 0) is 23.8 Å². The Morgan fingerprint density at radius 1 is 0.456 bits per heavy atom. The van der Waals surface area contributed by atoms with E-state index in [1.54, 1.807) is 11.1 Å². The van der Waals surface area contributed by atoms with Crippen LogP contribution in [0.25, 0.3) is 0 Å². The fraction of sp³-hybridized carbons (Fsp3) is 0.914. The van der Waals surface area contributed by atoms with E-state index in [2.05, 4.69) is 120 Å². The van der Waals surface area contributed by atoms with Crippen LogP contribution in [-0.4, -0.2) is 87.0 Å². The molecule has 10 aliphatic rings. The molecule has 0 saturated heterocycles. The lowest BCUT2D eigenvalue weighted by Gasteiger charge is -2.71. The molecule has 16 atom stereocenters. The number of carbonyl (C=O) groups excluding carboxylic acids is 2. The summed E-state index contributed by atoms with van der Waals surface area (Å²) in [7, 11) is 0. The summed E-state index contributed by atoms with van der Waals surface area (Å²) in [5.41, 5.74) is 3.85. The van der Waals surface area contributed by atoms with Crippen molar-refractivity contribution < 1.29 is 34.0 Å². The van der Waals surface area contributed by atoms with E-state index in [1.807, 2.05) is 0 Å². The fourth-order valence-electron chi connectivity index (χ4n) is 22.9. The van der Waals surface area contributed by atoms with Crippen LogP contribution in [0.3, 0.4) is 0 Å². The lowest BCUT2D eigenvalue weighted by atomic mass is 9.33. The van der Waals surface area contributed by atoms with Gasteiger partial charge in [-0.05, 0) is 231 Å². The number of allylic oxidation sites excluding steroid dienone is 4. The van der Waals surface area contributed by atoms with Crippen molar-refractivity contribution in [2.75, 3.05) is 52.7 Å². The highest BCUT2D eigenvalue weighted by atomic mass is 16.5. The number of carbonyl (C=O) groups is 2. The van der Waals surface area contributed by atoms with Crippen molar-refractivity contribution in [3.8, 4) is 0 Å². The molecule has 0 unspecified atom stereocenters. The van der Waals surface area contributed by atoms with Crippen molar-refractivity contribution in [1.82, 2.24) is 10.6 Å². The SMILES string of the molecule is CC1(C)CC[C@]2(C(=O)NCCCOCCOCCOCCCNC(=O)[C@]34CCC(C)(C)C[C@H]3C3=CC[C@@H]5[C@@]6(C)CC[C@H](O)C(C)(C)[C@@H]6CC[C@@]5(C)[C@]3(C)CC4)CC[C@]3(C)C(=CC[C@@H]4[C@@]5(C)CC[C@H](O)C(C)(C)[C@@H]5CC[C@]43C)[C@@H]2C1. The summed E-state index contributed by atoms with van der Waals surface area (Å²) in [5, 5.41) is 29.3. The fourth-order valence-corrected chi connectivity index (χ4v) is 22.9. The van der Waals surface area contributed by atoms with Gasteiger partial charge in [0.05, 0.1) is 49.5 Å². The van der Waals surface area contributed by atoms with Gasteiger partial charge in [0.15, 0.2) is 0 Å². The zero-order valence-electron chi connectivity index (χ0n) is 52.9. The van der Waals surface area contributed by atoms with E-state index in [4.69, 9.17) is 14.2 Å². The van der Waals surface area contributed by atoms with E-state index in [0.29, 0.717) is 76.4 Å². The minimum Gasteiger partial charge on any atom is -0.393 e. The van der Waals surface area contributed by atoms with Gasteiger partial charge in [-0.3, -0.25) is 9.59 Å². The predicted octanol–water partition coefficient (Wildman–Crippen LogP) is 14.4. The van der Waals surface area contributed by atoms with E-state index >= 15 is 0 Å². The molecule has 4 N–H and O–H groups in total. The number of fused-ring (bicyclic) bond motifs is 14. The molecule has 0 aliphatic heterocycles. The molecule has 2 amide bonds. The van der Waals surface area contributed by atoms with Gasteiger partial charge >= 0.3 is 0 Å². The van der Waals surface area contributed by atoms with Gasteiger partial charge in [0.1, 0.15) is 0 Å². The quantitative estimate of drug-likeness (QED) is 0.0896. The van der Waals surface area contributed by atoms with Crippen molar-refractivity contribution in [2.45, 2.75) is 250 Å². The van der Waals surface area contributed by atoms with E-state index in [-0.39, 0.29) is 101 Å². The highest BCUT2D eigenvalue weighted by Crippen LogP contribution is 2.78. The third kappa shape index (κ3) is 9.50. The van der Waals surface area contributed by atoms with Crippen LogP contribution >= 0.6 is 0 Å². The molecule has 10 rings (SSSR count). The largest absolute Gasteiger partial charge is 0.393 e. The normalized spacial score (nSPS) is 45.9. The zero-order valence-corrected chi connectivity index (χ0v) is 52.9. The summed E-state index contributed by atoms with van der Waals surface area (Å²) >= 11 is 0. The van der Waals surface area contributed by atoms with E-state index in [1.165, 1.54) is 25.7 Å². The van der Waals surface area contributed by atoms with Crippen LogP contribution in [0, 0.1) is 100 Å². The van der Waals surface area contributed by atoms with Crippen LogP contribution in [0.15, 0.2) is 23.3 Å². The van der Waals surface area contributed by atoms with E-state index in [9.17, 15) is 19.8 Å². The van der Waals surface area contributed by atoms with Gasteiger partial charge in [0, 0.05) is 26.3 Å². The van der Waals surface area contributed by atoms with Gasteiger partial charge in [-0.2, -0.15) is 0 Å². The van der Waals surface area contributed by atoms with E-state index < -0.39 is 0 Å². The number of hydrogen-bond acceptors (Lipinski definition) is 7. The number of hydrogen-bond donors (Lipinski definition) is 4. The van der Waals surface area contributed by atoms with Gasteiger partial charge in [-0.15, -0.1) is 0 Å². The van der Waals surface area contributed by atoms with Crippen molar-refractivity contribution in [1.29, 1.82) is 0 Å². The average Bonchev–Trinajstić information content (AvgIpc) is 1.82. The molecule has 0 aromatic heterocycles. The molecule has 9 nitrogen and oxygen atoms in total. The number of aliphatic hydroxyl groups is 2. The van der Waals surface area contributed by atoms with Crippen LogP contribution in [0.5, 0.6) is 0 Å². The molecule has 0 spiro atoms. The molecule has 8 fully saturated rings. The molecular formula is C70H116N2O7.